The quantitative estimate of drug-likeness (QED) is 0.761. The Balaban J connectivity index is 0.00000169. The summed E-state index contributed by atoms with van der Waals surface area (Å²) in [5, 5.41) is 5.18. The minimum Gasteiger partial charge on any atom is -0.353 e. The predicted octanol–water partition coefficient (Wildman–Crippen LogP) is 3.02. The van der Waals surface area contributed by atoms with Gasteiger partial charge in [-0.15, -0.1) is 36.2 Å². The van der Waals surface area contributed by atoms with Gasteiger partial charge in [0.25, 0.3) is 0 Å². The smallest absolute Gasteiger partial charge is 0.237 e. The van der Waals surface area contributed by atoms with Crippen LogP contribution in [0.25, 0.3) is 0 Å². The molecule has 2 aromatic rings. The third-order valence-corrected chi connectivity index (χ3v) is 5.69. The van der Waals surface area contributed by atoms with Crippen LogP contribution < -0.4 is 11.1 Å². The van der Waals surface area contributed by atoms with Crippen LogP contribution in [-0.2, 0) is 24.2 Å². The summed E-state index contributed by atoms with van der Waals surface area (Å²) in [6.07, 6.45) is 1.68. The van der Waals surface area contributed by atoms with Crippen molar-refractivity contribution in [2.75, 3.05) is 13.1 Å². The van der Waals surface area contributed by atoms with Crippen molar-refractivity contribution in [1.29, 1.82) is 0 Å². The van der Waals surface area contributed by atoms with E-state index in [1.165, 1.54) is 10.4 Å². The molecule has 26 heavy (non-hydrogen) atoms. The fourth-order valence-corrected chi connectivity index (χ4v) is 4.01. The molecule has 1 aliphatic heterocycles. The highest BCUT2D eigenvalue weighted by atomic mass is 35.5. The number of halogens is 2. The van der Waals surface area contributed by atoms with Gasteiger partial charge in [-0.05, 0) is 42.3 Å². The minimum absolute atomic E-state index is 0. The summed E-state index contributed by atoms with van der Waals surface area (Å²) >= 11 is 1.85. The molecule has 7 heteroatoms. The summed E-state index contributed by atoms with van der Waals surface area (Å²) in [7, 11) is 0. The second-order valence-corrected chi connectivity index (χ2v) is 7.48. The molecule has 3 N–H and O–H groups in total. The monoisotopic (exact) mass is 415 g/mol. The van der Waals surface area contributed by atoms with E-state index in [0.29, 0.717) is 19.0 Å². The summed E-state index contributed by atoms with van der Waals surface area (Å²) in [6.45, 7) is 4.84. The van der Waals surface area contributed by atoms with Crippen molar-refractivity contribution in [3.8, 4) is 0 Å². The number of thiophene rings is 1. The highest BCUT2D eigenvalue weighted by Crippen LogP contribution is 2.24. The third-order valence-electron chi connectivity index (χ3n) is 4.67. The molecule has 1 aromatic carbocycles. The lowest BCUT2D eigenvalue weighted by Crippen LogP contribution is -2.48. The third kappa shape index (κ3) is 5.96. The van der Waals surface area contributed by atoms with Gasteiger partial charge in [-0.2, -0.15) is 0 Å². The van der Waals surface area contributed by atoms with E-state index in [2.05, 4.69) is 28.6 Å². The molecule has 1 aromatic heterocycles. The maximum absolute atomic E-state index is 12.2. The van der Waals surface area contributed by atoms with Gasteiger partial charge in [0.05, 0.1) is 6.04 Å². The van der Waals surface area contributed by atoms with Gasteiger partial charge < -0.3 is 11.1 Å². The molecule has 2 atom stereocenters. The number of hydrogen-bond donors (Lipinski definition) is 2. The summed E-state index contributed by atoms with van der Waals surface area (Å²) in [5.41, 5.74) is 8.57. The number of hydrogen-bond acceptors (Lipinski definition) is 4. The van der Waals surface area contributed by atoms with E-state index in [4.69, 9.17) is 5.73 Å². The van der Waals surface area contributed by atoms with Crippen molar-refractivity contribution in [2.45, 2.75) is 38.4 Å². The van der Waals surface area contributed by atoms with Crippen molar-refractivity contribution >= 4 is 42.1 Å². The molecular formula is C19H27Cl2N3OS. The average molecular weight is 416 g/mol. The fraction of sp³-hybridized carbons (Fsp3) is 0.421. The van der Waals surface area contributed by atoms with E-state index in [9.17, 15) is 4.79 Å². The molecule has 0 aliphatic carbocycles. The molecule has 0 radical (unpaired) electrons. The van der Waals surface area contributed by atoms with E-state index in [0.717, 1.165) is 25.1 Å². The zero-order valence-electron chi connectivity index (χ0n) is 14.9. The first kappa shape index (κ1) is 22.9. The molecule has 0 bridgehead atoms. The maximum Gasteiger partial charge on any atom is 0.237 e. The Kier molecular flexibility index (Phi) is 9.61. The molecule has 0 saturated carbocycles. The van der Waals surface area contributed by atoms with Crippen LogP contribution in [0.1, 0.15) is 22.9 Å². The van der Waals surface area contributed by atoms with Gasteiger partial charge in [0.1, 0.15) is 0 Å². The topological polar surface area (TPSA) is 58.4 Å². The van der Waals surface area contributed by atoms with Gasteiger partial charge in [-0.3, -0.25) is 9.69 Å². The van der Waals surface area contributed by atoms with Crippen molar-refractivity contribution in [1.82, 2.24) is 10.2 Å². The number of benzene rings is 1. The van der Waals surface area contributed by atoms with Crippen LogP contribution in [0.2, 0.25) is 0 Å². The highest BCUT2D eigenvalue weighted by Gasteiger charge is 2.22. The second-order valence-electron chi connectivity index (χ2n) is 6.48. The van der Waals surface area contributed by atoms with Crippen molar-refractivity contribution < 1.29 is 4.79 Å². The number of amides is 1. The molecule has 2 unspecified atom stereocenters. The first-order valence-electron chi connectivity index (χ1n) is 8.50. The molecule has 0 saturated heterocycles. The van der Waals surface area contributed by atoms with Gasteiger partial charge in [0.2, 0.25) is 5.91 Å². The number of rotatable bonds is 6. The summed E-state index contributed by atoms with van der Waals surface area (Å²) < 4.78 is 0. The van der Waals surface area contributed by atoms with E-state index in [-0.39, 0.29) is 30.7 Å². The van der Waals surface area contributed by atoms with Crippen LogP contribution in [0.4, 0.5) is 0 Å². The molecule has 0 spiro atoms. The van der Waals surface area contributed by atoms with Crippen molar-refractivity contribution in [3.05, 3.63) is 57.8 Å². The van der Waals surface area contributed by atoms with Crippen LogP contribution in [-0.4, -0.2) is 36.0 Å². The SMILES string of the molecule is CC(CNC(=O)C(N)Cc1ccccc1)N1CCc2sccc2C1.Cl.Cl. The summed E-state index contributed by atoms with van der Waals surface area (Å²) in [6, 6.07) is 11.9. The van der Waals surface area contributed by atoms with Gasteiger partial charge >= 0.3 is 0 Å². The van der Waals surface area contributed by atoms with Crippen molar-refractivity contribution in [2.24, 2.45) is 5.73 Å². The van der Waals surface area contributed by atoms with E-state index in [1.54, 1.807) is 0 Å². The number of nitrogens with two attached hydrogens (primary N) is 1. The highest BCUT2D eigenvalue weighted by molar-refractivity contribution is 7.10. The first-order chi connectivity index (χ1) is 11.6. The zero-order valence-corrected chi connectivity index (χ0v) is 17.3. The molecule has 0 fully saturated rings. The first-order valence-corrected chi connectivity index (χ1v) is 9.38. The lowest BCUT2D eigenvalue weighted by Gasteiger charge is -2.32. The fourth-order valence-electron chi connectivity index (χ4n) is 3.12. The molecule has 144 valence electrons. The normalized spacial score (nSPS) is 15.8. The Labute approximate surface area is 172 Å². The van der Waals surface area contributed by atoms with E-state index in [1.807, 2.05) is 41.7 Å². The number of carbonyl (C=O) groups excluding carboxylic acids is 1. The van der Waals surface area contributed by atoms with Crippen LogP contribution in [0.3, 0.4) is 0 Å². The lowest BCUT2D eigenvalue weighted by atomic mass is 10.1. The molecule has 4 nitrogen and oxygen atoms in total. The van der Waals surface area contributed by atoms with Crippen LogP contribution in [0.15, 0.2) is 41.8 Å². The van der Waals surface area contributed by atoms with Crippen LogP contribution in [0.5, 0.6) is 0 Å². The maximum atomic E-state index is 12.2. The van der Waals surface area contributed by atoms with E-state index >= 15 is 0 Å². The molecule has 2 heterocycles. The Bertz CT molecular complexity index is 680. The lowest BCUT2D eigenvalue weighted by molar-refractivity contribution is -0.122. The van der Waals surface area contributed by atoms with Gasteiger partial charge in [-0.25, -0.2) is 0 Å². The Morgan fingerprint density at radius 1 is 1.27 bits per heavy atom. The Morgan fingerprint density at radius 2 is 2.00 bits per heavy atom. The summed E-state index contributed by atoms with van der Waals surface area (Å²) in [4.78, 5) is 16.2. The standard InChI is InChI=1S/C19H25N3OS.2ClH/c1-14(22-9-7-18-16(13-22)8-10-24-18)12-21-19(23)17(20)11-15-5-3-2-4-6-15;;/h2-6,8,10,14,17H,7,9,11-13,20H2,1H3,(H,21,23);2*1H. The number of fused-ring (bicyclic) bond motifs is 1. The Hall–Kier alpha value is -1.11. The number of carbonyl (C=O) groups is 1. The van der Waals surface area contributed by atoms with Gasteiger partial charge in [0.15, 0.2) is 0 Å². The van der Waals surface area contributed by atoms with Gasteiger partial charge in [-0.1, -0.05) is 30.3 Å². The molecule has 1 aliphatic rings. The average Bonchev–Trinajstić information content (AvgIpc) is 3.07. The molecule has 3 rings (SSSR count). The van der Waals surface area contributed by atoms with Gasteiger partial charge in [0, 0.05) is 30.6 Å². The van der Waals surface area contributed by atoms with Crippen LogP contribution >= 0.6 is 36.2 Å². The zero-order chi connectivity index (χ0) is 16.9. The van der Waals surface area contributed by atoms with Crippen LogP contribution in [0, 0.1) is 0 Å². The van der Waals surface area contributed by atoms with Crippen molar-refractivity contribution in [3.63, 3.8) is 0 Å². The van der Waals surface area contributed by atoms with E-state index < -0.39 is 6.04 Å². The molecule has 1 amide bonds. The number of nitrogens with zero attached hydrogens (tertiary/aromatic N) is 1. The largest absolute Gasteiger partial charge is 0.353 e. The minimum atomic E-state index is -0.496. The number of nitrogens with one attached hydrogen (secondary N) is 1. The summed E-state index contributed by atoms with van der Waals surface area (Å²) in [5.74, 6) is -0.0704. The molecular weight excluding hydrogens is 389 g/mol. The Morgan fingerprint density at radius 3 is 2.73 bits per heavy atom. The predicted molar refractivity (Wildman–Crippen MR) is 114 cm³/mol. The second kappa shape index (κ2) is 10.9.